The smallest absolute Gasteiger partial charge is 0.329 e. The first-order valence-corrected chi connectivity index (χ1v) is 13.3. The maximum Gasteiger partial charge on any atom is 0.329 e. The quantitative estimate of drug-likeness (QED) is 0.161. The molecule has 4 N–H and O–H groups in total. The molecular formula is C28H24ClIN4O4. The molecule has 0 aliphatic heterocycles. The van der Waals surface area contributed by atoms with Crippen molar-refractivity contribution < 1.29 is 14.9 Å². The van der Waals surface area contributed by atoms with Crippen LogP contribution in [0.25, 0.3) is 22.5 Å². The number of hydrogen-bond donors (Lipinski definition) is 4. The summed E-state index contributed by atoms with van der Waals surface area (Å²) >= 11 is 8.81. The number of aliphatic hydroxyl groups is 1. The molecule has 3 aromatic carbocycles. The lowest BCUT2D eigenvalue weighted by Crippen LogP contribution is -2.25. The van der Waals surface area contributed by atoms with Gasteiger partial charge in [-0.3, -0.25) is 4.57 Å². The van der Waals surface area contributed by atoms with E-state index in [0.717, 1.165) is 14.7 Å². The van der Waals surface area contributed by atoms with Gasteiger partial charge in [0.25, 0.3) is 0 Å². The minimum atomic E-state index is -0.669. The summed E-state index contributed by atoms with van der Waals surface area (Å²) in [6.45, 7) is 0.0818. The van der Waals surface area contributed by atoms with Crippen LogP contribution in [0.15, 0.2) is 83.7 Å². The third-order valence-corrected chi connectivity index (χ3v) is 7.09. The van der Waals surface area contributed by atoms with Gasteiger partial charge < -0.3 is 24.9 Å². The van der Waals surface area contributed by atoms with E-state index >= 15 is 0 Å². The van der Waals surface area contributed by atoms with E-state index in [1.165, 1.54) is 4.57 Å². The van der Waals surface area contributed by atoms with Crippen LogP contribution in [0.3, 0.4) is 0 Å². The molecule has 8 nitrogen and oxygen atoms in total. The largest absolute Gasteiger partial charge is 0.493 e. The fourth-order valence-electron chi connectivity index (χ4n) is 4.29. The molecule has 2 heterocycles. The van der Waals surface area contributed by atoms with Gasteiger partial charge in [0, 0.05) is 21.1 Å². The Morgan fingerprint density at radius 3 is 2.34 bits per heavy atom. The van der Waals surface area contributed by atoms with Crippen molar-refractivity contribution in [1.82, 2.24) is 19.5 Å². The zero-order valence-corrected chi connectivity index (χ0v) is 23.0. The zero-order valence-electron chi connectivity index (χ0n) is 20.1. The second-order valence-electron chi connectivity index (χ2n) is 8.59. The molecule has 0 unspecified atom stereocenters. The molecule has 0 amide bonds. The first kappa shape index (κ1) is 26.1. The monoisotopic (exact) mass is 642 g/mol. The normalized spacial score (nSPS) is 12.0. The molecule has 0 saturated heterocycles. The SMILES string of the molecule is O=c1[nH]c(-c2ccc(OCCO)cc2)c(O)n1[C@@H](Cc1ccccc1)c1nc(-c2ccc(I)cc2)c(Cl)[nH]1. The summed E-state index contributed by atoms with van der Waals surface area (Å²) in [6.07, 6.45) is 0.384. The van der Waals surface area contributed by atoms with E-state index in [1.807, 2.05) is 54.6 Å². The van der Waals surface area contributed by atoms with Crippen LogP contribution in [0.5, 0.6) is 11.6 Å². The van der Waals surface area contributed by atoms with E-state index in [4.69, 9.17) is 26.4 Å². The number of nitrogens with zero attached hydrogens (tertiary/aromatic N) is 2. The molecule has 10 heteroatoms. The molecule has 0 aliphatic carbocycles. The number of aromatic nitrogens is 4. The standard InChI is InChI=1S/C28H24ClIN4O4/c29-25-23(18-6-10-20(30)11-7-18)31-26(33-25)22(16-17-4-2-1-3-5-17)34-27(36)24(32-28(34)37)19-8-12-21(13-9-19)38-15-14-35/h1-13,22,35-36H,14-16H2,(H,31,33)(H,32,37)/t22-/m0/s1. The summed E-state index contributed by atoms with van der Waals surface area (Å²) in [5, 5.41) is 20.6. The van der Waals surface area contributed by atoms with Crippen LogP contribution < -0.4 is 10.4 Å². The van der Waals surface area contributed by atoms with Gasteiger partial charge in [-0.1, -0.05) is 54.1 Å². The summed E-state index contributed by atoms with van der Waals surface area (Å²) in [7, 11) is 0. The number of ether oxygens (including phenoxy) is 1. The van der Waals surface area contributed by atoms with Crippen molar-refractivity contribution >= 4 is 34.2 Å². The number of halogens is 2. The molecule has 0 saturated carbocycles. The molecular weight excluding hydrogens is 619 g/mol. The Morgan fingerprint density at radius 1 is 0.974 bits per heavy atom. The second-order valence-corrected chi connectivity index (χ2v) is 10.2. The number of rotatable bonds is 9. The van der Waals surface area contributed by atoms with Gasteiger partial charge in [0.1, 0.15) is 40.8 Å². The van der Waals surface area contributed by atoms with E-state index < -0.39 is 11.7 Å². The molecule has 0 radical (unpaired) electrons. The average Bonchev–Trinajstić information content (AvgIpc) is 3.46. The lowest BCUT2D eigenvalue weighted by atomic mass is 10.0. The van der Waals surface area contributed by atoms with Gasteiger partial charge in [-0.05, 0) is 64.6 Å². The summed E-state index contributed by atoms with van der Waals surface area (Å²) in [5.41, 5.74) is 2.76. The van der Waals surface area contributed by atoms with Crippen LogP contribution in [0, 0.1) is 3.57 Å². The summed E-state index contributed by atoms with van der Waals surface area (Å²) in [4.78, 5) is 24.0. The minimum absolute atomic E-state index is 0.0937. The summed E-state index contributed by atoms with van der Waals surface area (Å²) in [5.74, 6) is 0.797. The van der Waals surface area contributed by atoms with Gasteiger partial charge in [-0.15, -0.1) is 0 Å². The van der Waals surface area contributed by atoms with Crippen molar-refractivity contribution in [2.75, 3.05) is 13.2 Å². The molecule has 194 valence electrons. The minimum Gasteiger partial charge on any atom is -0.493 e. The Morgan fingerprint density at radius 2 is 1.66 bits per heavy atom. The Hall–Kier alpha value is -3.54. The Balaban J connectivity index is 1.57. The van der Waals surface area contributed by atoms with E-state index in [-0.39, 0.29) is 24.8 Å². The van der Waals surface area contributed by atoms with E-state index in [1.54, 1.807) is 24.3 Å². The lowest BCUT2D eigenvalue weighted by molar-refractivity contribution is 0.201. The molecule has 2 aromatic heterocycles. The van der Waals surface area contributed by atoms with Crippen LogP contribution in [-0.2, 0) is 6.42 Å². The number of benzene rings is 3. The Kier molecular flexibility index (Phi) is 7.87. The molecule has 38 heavy (non-hydrogen) atoms. The Bertz CT molecular complexity index is 1580. The second kappa shape index (κ2) is 11.5. The number of imidazole rings is 2. The van der Waals surface area contributed by atoms with Crippen molar-refractivity contribution in [1.29, 1.82) is 0 Å². The molecule has 0 fully saturated rings. The van der Waals surface area contributed by atoms with E-state index in [2.05, 4.69) is 32.6 Å². The lowest BCUT2D eigenvalue weighted by Gasteiger charge is -2.17. The molecule has 0 bridgehead atoms. The van der Waals surface area contributed by atoms with Gasteiger partial charge in [-0.2, -0.15) is 0 Å². The number of nitrogens with one attached hydrogen (secondary N) is 2. The maximum atomic E-state index is 13.3. The van der Waals surface area contributed by atoms with Crippen molar-refractivity contribution in [3.63, 3.8) is 0 Å². The molecule has 0 aliphatic rings. The predicted octanol–water partition coefficient (Wildman–Crippen LogP) is 5.40. The molecule has 5 aromatic rings. The molecule has 5 rings (SSSR count). The Labute approximate surface area is 237 Å². The maximum absolute atomic E-state index is 13.3. The highest BCUT2D eigenvalue weighted by Gasteiger charge is 2.27. The number of hydrogen-bond acceptors (Lipinski definition) is 5. The summed E-state index contributed by atoms with van der Waals surface area (Å²) < 4.78 is 7.79. The van der Waals surface area contributed by atoms with E-state index in [9.17, 15) is 9.90 Å². The topological polar surface area (TPSA) is 116 Å². The van der Waals surface area contributed by atoms with Gasteiger partial charge in [0.2, 0.25) is 5.88 Å². The van der Waals surface area contributed by atoms with Crippen LogP contribution in [-0.4, -0.2) is 42.9 Å². The average molecular weight is 643 g/mol. The fraction of sp³-hybridized carbons (Fsp3) is 0.143. The zero-order chi connectivity index (χ0) is 26.6. The number of aromatic amines is 2. The van der Waals surface area contributed by atoms with Gasteiger partial charge in [0.15, 0.2) is 0 Å². The highest BCUT2D eigenvalue weighted by atomic mass is 127. The van der Waals surface area contributed by atoms with Crippen LogP contribution in [0.2, 0.25) is 5.15 Å². The number of aromatic hydroxyl groups is 1. The summed E-state index contributed by atoms with van der Waals surface area (Å²) in [6, 6.07) is 23.7. The van der Waals surface area contributed by atoms with Crippen molar-refractivity contribution in [3.05, 3.63) is 109 Å². The van der Waals surface area contributed by atoms with Crippen molar-refractivity contribution in [3.8, 4) is 34.1 Å². The fourth-order valence-corrected chi connectivity index (χ4v) is 4.89. The number of aliphatic hydroxyl groups excluding tert-OH is 1. The van der Waals surface area contributed by atoms with Crippen LogP contribution in [0.4, 0.5) is 0 Å². The van der Waals surface area contributed by atoms with Gasteiger partial charge >= 0.3 is 5.69 Å². The van der Waals surface area contributed by atoms with Crippen LogP contribution >= 0.6 is 34.2 Å². The van der Waals surface area contributed by atoms with Gasteiger partial charge in [0.05, 0.1) is 6.61 Å². The molecule has 0 spiro atoms. The van der Waals surface area contributed by atoms with Crippen molar-refractivity contribution in [2.45, 2.75) is 12.5 Å². The third kappa shape index (κ3) is 5.50. The third-order valence-electron chi connectivity index (χ3n) is 6.10. The highest BCUT2D eigenvalue weighted by molar-refractivity contribution is 14.1. The van der Waals surface area contributed by atoms with Gasteiger partial charge in [-0.25, -0.2) is 9.78 Å². The number of H-pyrrole nitrogens is 2. The first-order chi connectivity index (χ1) is 18.4. The van der Waals surface area contributed by atoms with Crippen LogP contribution in [0.1, 0.15) is 17.4 Å². The highest BCUT2D eigenvalue weighted by Crippen LogP contribution is 2.34. The molecule has 1 atom stereocenters. The van der Waals surface area contributed by atoms with E-state index in [0.29, 0.717) is 34.4 Å². The predicted molar refractivity (Wildman–Crippen MR) is 155 cm³/mol. The van der Waals surface area contributed by atoms with Crippen molar-refractivity contribution in [2.24, 2.45) is 0 Å². The first-order valence-electron chi connectivity index (χ1n) is 11.9.